The van der Waals surface area contributed by atoms with Gasteiger partial charge in [-0.1, -0.05) is 30.3 Å². The van der Waals surface area contributed by atoms with Gasteiger partial charge in [0.15, 0.2) is 0 Å². The van der Waals surface area contributed by atoms with Crippen molar-refractivity contribution in [2.75, 3.05) is 64.2 Å². The Labute approximate surface area is 302 Å². The van der Waals surface area contributed by atoms with Crippen LogP contribution < -0.4 is 10.6 Å². The smallest absolute Gasteiger partial charge is 0.337 e. The molecule has 3 aromatic carbocycles. The molecule has 11 heteroatoms. The third-order valence-corrected chi connectivity index (χ3v) is 10.7. The average molecular weight is 709 g/mol. The summed E-state index contributed by atoms with van der Waals surface area (Å²) in [7, 11) is 3.15. The number of morpholine rings is 1. The maximum atomic E-state index is 13.8. The highest BCUT2D eigenvalue weighted by Gasteiger charge is 2.27. The summed E-state index contributed by atoms with van der Waals surface area (Å²) < 4.78 is 10.2. The molecule has 2 aliphatic rings. The Bertz CT molecular complexity index is 1860. The van der Waals surface area contributed by atoms with E-state index in [0.29, 0.717) is 52.7 Å². The largest absolute Gasteiger partial charge is 0.465 e. The van der Waals surface area contributed by atoms with E-state index >= 15 is 0 Å². The van der Waals surface area contributed by atoms with Gasteiger partial charge in [-0.05, 0) is 97.7 Å². The predicted molar refractivity (Wildman–Crippen MR) is 199 cm³/mol. The van der Waals surface area contributed by atoms with E-state index in [9.17, 15) is 19.2 Å². The number of methoxy groups -OCH3 is 1. The number of anilines is 2. The topological polar surface area (TPSA) is 117 Å². The number of aryl methyl sites for hydroxylation is 3. The van der Waals surface area contributed by atoms with Gasteiger partial charge in [0.1, 0.15) is 5.00 Å². The highest BCUT2D eigenvalue weighted by molar-refractivity contribution is 7.17. The van der Waals surface area contributed by atoms with Gasteiger partial charge in [0.2, 0.25) is 0 Å². The van der Waals surface area contributed by atoms with Crippen molar-refractivity contribution in [2.24, 2.45) is 0 Å². The lowest BCUT2D eigenvalue weighted by molar-refractivity contribution is 0.0338. The van der Waals surface area contributed by atoms with Crippen LogP contribution in [0.4, 0.5) is 10.7 Å². The van der Waals surface area contributed by atoms with Crippen molar-refractivity contribution in [1.82, 2.24) is 9.80 Å². The highest BCUT2D eigenvalue weighted by Crippen LogP contribution is 2.39. The maximum Gasteiger partial charge on any atom is 0.337 e. The van der Waals surface area contributed by atoms with Crippen LogP contribution >= 0.6 is 11.3 Å². The predicted octanol–water partition coefficient (Wildman–Crippen LogP) is 6.11. The number of likely N-dealkylation sites (N-methyl/N-ethyl adjacent to an activating group) is 1. The number of rotatable bonds is 12. The summed E-state index contributed by atoms with van der Waals surface area (Å²) in [5, 5.41) is 6.60. The molecule has 6 rings (SSSR count). The summed E-state index contributed by atoms with van der Waals surface area (Å²) in [6.45, 7) is 4.46. The summed E-state index contributed by atoms with van der Waals surface area (Å²) in [4.78, 5) is 57.5. The summed E-state index contributed by atoms with van der Waals surface area (Å²) in [6, 6.07) is 21.9. The fourth-order valence-corrected chi connectivity index (χ4v) is 7.75. The minimum absolute atomic E-state index is 0.148. The second-order valence-electron chi connectivity index (χ2n) is 13.0. The fraction of sp³-hybridized carbons (Fsp3) is 0.350. The van der Waals surface area contributed by atoms with Crippen molar-refractivity contribution in [2.45, 2.75) is 38.5 Å². The maximum absolute atomic E-state index is 13.8. The Morgan fingerprint density at radius 1 is 0.824 bits per heavy atom. The normalized spacial score (nSPS) is 14.3. The molecule has 2 N–H and O–H groups in total. The number of hydrogen-bond acceptors (Lipinski definition) is 8. The number of nitrogens with one attached hydrogen (secondary N) is 2. The fourth-order valence-electron chi connectivity index (χ4n) is 6.46. The second kappa shape index (κ2) is 16.9. The van der Waals surface area contributed by atoms with Crippen molar-refractivity contribution >= 4 is 45.7 Å². The molecule has 266 valence electrons. The molecule has 0 radical (unpaired) electrons. The Hall–Kier alpha value is -4.84. The molecule has 0 bridgehead atoms. The Morgan fingerprint density at radius 3 is 2.20 bits per heavy atom. The molecule has 0 atom stereocenters. The lowest BCUT2D eigenvalue weighted by Gasteiger charge is -2.28. The average Bonchev–Trinajstić information content (AvgIpc) is 3.54. The standard InChI is InChI=1S/C40H44N4O6S/c1-43(20-21-44-22-24-50-25-23-44)39(47)31-7-5-6-30(26-31)36(45)42-38-35(33-8-3-4-9-34(33)51-38)37(46)41-32-18-14-28(15-19-32)11-10-27-12-16-29(17-13-27)40(48)49-2/h5-7,12-19,26H,3-4,8-11,20-25H2,1-2H3,(H,41,46)(H,42,45). The van der Waals surface area contributed by atoms with Gasteiger partial charge in [-0.25, -0.2) is 4.79 Å². The van der Waals surface area contributed by atoms with Gasteiger partial charge >= 0.3 is 5.97 Å². The van der Waals surface area contributed by atoms with E-state index in [1.54, 1.807) is 48.3 Å². The monoisotopic (exact) mass is 708 g/mol. The first-order valence-corrected chi connectivity index (χ1v) is 18.3. The van der Waals surface area contributed by atoms with Gasteiger partial charge in [0.05, 0.1) is 31.5 Å². The Kier molecular flexibility index (Phi) is 11.9. The van der Waals surface area contributed by atoms with Crippen LogP contribution in [-0.4, -0.2) is 87.0 Å². The quantitative estimate of drug-likeness (QED) is 0.171. The first kappa shape index (κ1) is 36.0. The van der Waals surface area contributed by atoms with E-state index < -0.39 is 0 Å². The number of ether oxygens (including phenoxy) is 2. The van der Waals surface area contributed by atoms with Crippen molar-refractivity contribution in [1.29, 1.82) is 0 Å². The van der Waals surface area contributed by atoms with Crippen LogP contribution in [-0.2, 0) is 35.2 Å². The number of carbonyl (C=O) groups is 4. The molecule has 10 nitrogen and oxygen atoms in total. The summed E-state index contributed by atoms with van der Waals surface area (Å²) in [5.74, 6) is -1.12. The van der Waals surface area contributed by atoms with E-state index in [-0.39, 0.29) is 23.7 Å². The number of fused-ring (bicyclic) bond motifs is 1. The molecule has 0 spiro atoms. The van der Waals surface area contributed by atoms with Gasteiger partial charge in [0.25, 0.3) is 17.7 Å². The lowest BCUT2D eigenvalue weighted by Crippen LogP contribution is -2.41. The number of esters is 1. The summed E-state index contributed by atoms with van der Waals surface area (Å²) in [6.07, 6.45) is 5.29. The molecule has 0 saturated carbocycles. The number of nitrogens with zero attached hydrogens (tertiary/aromatic N) is 2. The number of carbonyl (C=O) groups excluding carboxylic acids is 4. The van der Waals surface area contributed by atoms with Crippen molar-refractivity contribution < 1.29 is 28.7 Å². The van der Waals surface area contributed by atoms with Crippen LogP contribution in [0.5, 0.6) is 0 Å². The molecule has 1 aliphatic carbocycles. The molecule has 1 fully saturated rings. The number of hydrogen-bond donors (Lipinski definition) is 2. The molecule has 51 heavy (non-hydrogen) atoms. The van der Waals surface area contributed by atoms with Crippen LogP contribution in [0.25, 0.3) is 0 Å². The molecule has 2 heterocycles. The van der Waals surface area contributed by atoms with Gasteiger partial charge in [0, 0.05) is 54.9 Å². The Balaban J connectivity index is 1.09. The minimum Gasteiger partial charge on any atom is -0.465 e. The minimum atomic E-state index is -0.363. The van der Waals surface area contributed by atoms with Crippen LogP contribution in [0.2, 0.25) is 0 Å². The number of amides is 3. The van der Waals surface area contributed by atoms with Gasteiger partial charge < -0.3 is 25.0 Å². The molecule has 1 saturated heterocycles. The number of thiophene rings is 1. The lowest BCUT2D eigenvalue weighted by atomic mass is 9.95. The SMILES string of the molecule is COC(=O)c1ccc(CCc2ccc(NC(=O)c3c(NC(=O)c4cccc(C(=O)N(C)CCN5CCOCC5)c4)sc4c3CCCC4)cc2)cc1. The first-order chi connectivity index (χ1) is 24.8. The van der Waals surface area contributed by atoms with Crippen LogP contribution in [0, 0.1) is 0 Å². The third-order valence-electron chi connectivity index (χ3n) is 9.49. The zero-order valence-corrected chi connectivity index (χ0v) is 30.0. The third kappa shape index (κ3) is 9.10. The molecule has 4 aromatic rings. The molecule has 3 amide bonds. The highest BCUT2D eigenvalue weighted by atomic mass is 32.1. The molecular weight excluding hydrogens is 665 g/mol. The molecular formula is C40H44N4O6S. The van der Waals surface area contributed by atoms with Gasteiger partial charge in [-0.3, -0.25) is 19.3 Å². The molecule has 1 aliphatic heterocycles. The van der Waals surface area contributed by atoms with E-state index in [2.05, 4.69) is 15.5 Å². The number of benzene rings is 3. The van der Waals surface area contributed by atoms with Gasteiger partial charge in [-0.2, -0.15) is 0 Å². The van der Waals surface area contributed by atoms with Crippen molar-refractivity contribution in [3.63, 3.8) is 0 Å². The van der Waals surface area contributed by atoms with E-state index in [0.717, 1.165) is 79.7 Å². The van der Waals surface area contributed by atoms with Crippen LogP contribution in [0.1, 0.15) is 75.8 Å². The summed E-state index contributed by atoms with van der Waals surface area (Å²) >= 11 is 1.46. The molecule has 0 unspecified atom stereocenters. The van der Waals surface area contributed by atoms with Crippen LogP contribution in [0.3, 0.4) is 0 Å². The zero-order valence-electron chi connectivity index (χ0n) is 29.2. The zero-order chi connectivity index (χ0) is 35.7. The summed E-state index contributed by atoms with van der Waals surface area (Å²) in [5.41, 5.74) is 5.74. The second-order valence-corrected chi connectivity index (χ2v) is 14.1. The van der Waals surface area contributed by atoms with E-state index in [4.69, 9.17) is 9.47 Å². The Morgan fingerprint density at radius 2 is 1.49 bits per heavy atom. The van der Waals surface area contributed by atoms with Gasteiger partial charge in [-0.15, -0.1) is 11.3 Å². The van der Waals surface area contributed by atoms with E-state index in [1.807, 2.05) is 36.4 Å². The van der Waals surface area contributed by atoms with Crippen LogP contribution in [0.15, 0.2) is 72.8 Å². The molecule has 1 aromatic heterocycles. The van der Waals surface area contributed by atoms with Crippen molar-refractivity contribution in [3.8, 4) is 0 Å². The van der Waals surface area contributed by atoms with Crippen molar-refractivity contribution in [3.05, 3.63) is 117 Å². The van der Waals surface area contributed by atoms with E-state index in [1.165, 1.54) is 18.4 Å². The first-order valence-electron chi connectivity index (χ1n) is 17.5.